The predicted molar refractivity (Wildman–Crippen MR) is 85.5 cm³/mol. The summed E-state index contributed by atoms with van der Waals surface area (Å²) in [6.45, 7) is 3.88. The number of hydrogen-bond acceptors (Lipinski definition) is 7. The lowest BCUT2D eigenvalue weighted by Crippen LogP contribution is -2.42. The number of cyclic esters (lactones) is 2. The van der Waals surface area contributed by atoms with E-state index < -0.39 is 41.0 Å². The Morgan fingerprint density at radius 2 is 1.74 bits per heavy atom. The second kappa shape index (κ2) is 6.93. The van der Waals surface area contributed by atoms with E-state index >= 15 is 0 Å². The first-order valence-corrected chi connectivity index (χ1v) is 7.59. The Bertz CT molecular complexity index is 820. The molecule has 0 aromatic heterocycles. The topological polar surface area (TPSA) is 90.9 Å². The Kier molecular flexibility index (Phi) is 5.21. The highest BCUT2D eigenvalue weighted by molar-refractivity contribution is 6.15. The van der Waals surface area contributed by atoms with Crippen molar-refractivity contribution in [1.29, 1.82) is 0 Å². The van der Waals surface area contributed by atoms with Crippen LogP contribution in [0.15, 0.2) is 23.9 Å². The van der Waals surface area contributed by atoms with Crippen molar-refractivity contribution in [3.8, 4) is 0 Å². The van der Waals surface area contributed by atoms with Crippen LogP contribution in [-0.4, -0.2) is 30.8 Å². The number of rotatable bonds is 3. The molecule has 1 aliphatic rings. The lowest BCUT2D eigenvalue weighted by Gasteiger charge is -2.29. The molecule has 1 aliphatic heterocycles. The first-order valence-electron chi connectivity index (χ1n) is 7.59. The Balaban J connectivity index is 2.46. The van der Waals surface area contributed by atoms with Gasteiger partial charge >= 0.3 is 24.1 Å². The van der Waals surface area contributed by atoms with E-state index in [4.69, 9.17) is 9.47 Å². The molecule has 1 aromatic carbocycles. The van der Waals surface area contributed by atoms with Crippen molar-refractivity contribution >= 4 is 23.6 Å². The van der Waals surface area contributed by atoms with Crippen LogP contribution < -0.4 is 5.32 Å². The molecule has 1 fully saturated rings. The molecular formula is C17H16F3NO6. The summed E-state index contributed by atoms with van der Waals surface area (Å²) in [5.74, 6) is -4.41. The molecule has 0 spiro atoms. The number of esters is 3. The normalized spacial score (nSPS) is 16.3. The van der Waals surface area contributed by atoms with Crippen LogP contribution in [-0.2, 0) is 30.0 Å². The van der Waals surface area contributed by atoms with Gasteiger partial charge in [-0.2, -0.15) is 13.2 Å². The summed E-state index contributed by atoms with van der Waals surface area (Å²) in [4.78, 5) is 35.7. The molecular weight excluding hydrogens is 371 g/mol. The Hall–Kier alpha value is -3.04. The lowest BCUT2D eigenvalue weighted by atomic mass is 10.0. The standard InChI is InChI=1S/C17H16F3NO6/c1-8-5-9(13(22)25-4)12(6-11(8)17(18,19)20)21-7-10-14(23)26-16(2,3)27-15(10)24/h5-7,21H,1-4H3. The first-order chi connectivity index (χ1) is 12.4. The molecule has 0 radical (unpaired) electrons. The first kappa shape index (κ1) is 20.3. The smallest absolute Gasteiger partial charge is 0.416 e. The SMILES string of the molecule is COC(=O)c1cc(C)c(C(F)(F)F)cc1NC=C1C(=O)OC(C)(C)OC1=O. The fraction of sp³-hybridized carbons (Fsp3) is 0.353. The molecule has 27 heavy (non-hydrogen) atoms. The number of benzene rings is 1. The Morgan fingerprint density at radius 3 is 2.22 bits per heavy atom. The van der Waals surface area contributed by atoms with E-state index in [2.05, 4.69) is 10.1 Å². The third-order valence-electron chi connectivity index (χ3n) is 3.56. The van der Waals surface area contributed by atoms with Gasteiger partial charge in [0.05, 0.1) is 23.9 Å². The van der Waals surface area contributed by atoms with E-state index in [0.717, 1.165) is 19.4 Å². The number of halogens is 3. The third-order valence-corrected chi connectivity index (χ3v) is 3.56. The monoisotopic (exact) mass is 387 g/mol. The maximum absolute atomic E-state index is 13.1. The van der Waals surface area contributed by atoms with E-state index in [1.165, 1.54) is 20.8 Å². The zero-order chi connectivity index (χ0) is 20.6. The van der Waals surface area contributed by atoms with Crippen LogP contribution in [0.5, 0.6) is 0 Å². The van der Waals surface area contributed by atoms with E-state index in [9.17, 15) is 27.6 Å². The number of methoxy groups -OCH3 is 1. The molecule has 2 rings (SSSR count). The zero-order valence-corrected chi connectivity index (χ0v) is 14.8. The van der Waals surface area contributed by atoms with Crippen molar-refractivity contribution in [2.75, 3.05) is 12.4 Å². The van der Waals surface area contributed by atoms with E-state index in [1.807, 2.05) is 0 Å². The van der Waals surface area contributed by atoms with Crippen LogP contribution in [0.4, 0.5) is 18.9 Å². The van der Waals surface area contributed by atoms with Crippen LogP contribution in [0, 0.1) is 6.92 Å². The van der Waals surface area contributed by atoms with Crippen LogP contribution >= 0.6 is 0 Å². The molecule has 0 saturated carbocycles. The molecule has 0 bridgehead atoms. The highest BCUT2D eigenvalue weighted by Gasteiger charge is 2.39. The summed E-state index contributed by atoms with van der Waals surface area (Å²) in [5.41, 5.74) is -2.28. The van der Waals surface area contributed by atoms with Crippen molar-refractivity contribution in [2.45, 2.75) is 32.7 Å². The fourth-order valence-electron chi connectivity index (χ4n) is 2.34. The average Bonchev–Trinajstić information content (AvgIpc) is 2.51. The summed E-state index contributed by atoms with van der Waals surface area (Å²) >= 11 is 0. The summed E-state index contributed by atoms with van der Waals surface area (Å²) in [6.07, 6.45) is -3.85. The minimum atomic E-state index is -4.67. The molecule has 10 heteroatoms. The number of nitrogens with one attached hydrogen (secondary N) is 1. The molecule has 1 aromatic rings. The zero-order valence-electron chi connectivity index (χ0n) is 14.8. The van der Waals surface area contributed by atoms with Crippen molar-refractivity contribution in [1.82, 2.24) is 0 Å². The Morgan fingerprint density at radius 1 is 1.19 bits per heavy atom. The summed E-state index contributed by atoms with van der Waals surface area (Å²) < 4.78 is 53.7. The fourth-order valence-corrected chi connectivity index (χ4v) is 2.34. The van der Waals surface area contributed by atoms with Gasteiger partial charge < -0.3 is 19.5 Å². The van der Waals surface area contributed by atoms with Crippen LogP contribution in [0.1, 0.15) is 35.3 Å². The second-order valence-corrected chi connectivity index (χ2v) is 6.08. The number of ether oxygens (including phenoxy) is 3. The molecule has 1 heterocycles. The van der Waals surface area contributed by atoms with Gasteiger partial charge in [0.2, 0.25) is 0 Å². The number of hydrogen-bond donors (Lipinski definition) is 1. The summed E-state index contributed by atoms with van der Waals surface area (Å²) in [7, 11) is 1.07. The van der Waals surface area contributed by atoms with Gasteiger partial charge in [-0.05, 0) is 24.6 Å². The van der Waals surface area contributed by atoms with Crippen molar-refractivity contribution in [3.63, 3.8) is 0 Å². The third kappa shape index (κ3) is 4.39. The van der Waals surface area contributed by atoms with E-state index in [0.29, 0.717) is 6.07 Å². The van der Waals surface area contributed by atoms with Crippen molar-refractivity contribution < 1.29 is 41.8 Å². The highest BCUT2D eigenvalue weighted by Crippen LogP contribution is 2.35. The van der Waals surface area contributed by atoms with Gasteiger partial charge in [0.25, 0.3) is 5.79 Å². The molecule has 0 unspecified atom stereocenters. The van der Waals surface area contributed by atoms with Gasteiger partial charge in [-0.3, -0.25) is 0 Å². The number of carbonyl (C=O) groups excluding carboxylic acids is 3. The van der Waals surface area contributed by atoms with E-state index in [1.54, 1.807) is 0 Å². The van der Waals surface area contributed by atoms with E-state index in [-0.39, 0.29) is 16.8 Å². The largest absolute Gasteiger partial charge is 0.465 e. The number of aryl methyl sites for hydroxylation is 1. The maximum Gasteiger partial charge on any atom is 0.416 e. The molecule has 146 valence electrons. The van der Waals surface area contributed by atoms with Crippen LogP contribution in [0.2, 0.25) is 0 Å². The highest BCUT2D eigenvalue weighted by atomic mass is 19.4. The van der Waals surface area contributed by atoms with Gasteiger partial charge in [-0.25, -0.2) is 14.4 Å². The molecule has 1 saturated heterocycles. The molecule has 0 amide bonds. The van der Waals surface area contributed by atoms with Crippen molar-refractivity contribution in [2.24, 2.45) is 0 Å². The van der Waals surface area contributed by atoms with Crippen molar-refractivity contribution in [3.05, 3.63) is 40.6 Å². The average molecular weight is 387 g/mol. The molecule has 1 N–H and O–H groups in total. The van der Waals surface area contributed by atoms with Gasteiger partial charge in [-0.15, -0.1) is 0 Å². The van der Waals surface area contributed by atoms with Gasteiger partial charge in [0.15, 0.2) is 5.57 Å². The summed E-state index contributed by atoms with van der Waals surface area (Å²) in [6, 6.07) is 1.68. The minimum absolute atomic E-state index is 0.195. The number of carbonyl (C=O) groups is 3. The Labute approximate surface area is 152 Å². The van der Waals surface area contributed by atoms with Gasteiger partial charge in [0.1, 0.15) is 0 Å². The van der Waals surface area contributed by atoms with Crippen LogP contribution in [0.3, 0.4) is 0 Å². The number of alkyl halides is 3. The molecule has 7 nitrogen and oxygen atoms in total. The van der Waals surface area contributed by atoms with Gasteiger partial charge in [-0.1, -0.05) is 0 Å². The lowest BCUT2D eigenvalue weighted by molar-refractivity contribution is -0.222. The minimum Gasteiger partial charge on any atom is -0.465 e. The van der Waals surface area contributed by atoms with Crippen LogP contribution in [0.25, 0.3) is 0 Å². The maximum atomic E-state index is 13.1. The number of anilines is 1. The van der Waals surface area contributed by atoms with Gasteiger partial charge in [0, 0.05) is 20.0 Å². The quantitative estimate of drug-likeness (QED) is 0.484. The second-order valence-electron chi connectivity index (χ2n) is 6.08. The summed E-state index contributed by atoms with van der Waals surface area (Å²) in [5, 5.41) is 2.36. The molecule has 0 atom stereocenters. The predicted octanol–water partition coefficient (Wildman–Crippen LogP) is 2.93. The molecule has 0 aliphatic carbocycles.